The van der Waals surface area contributed by atoms with Crippen molar-refractivity contribution in [3.8, 4) is 5.75 Å². The van der Waals surface area contributed by atoms with E-state index in [0.29, 0.717) is 30.6 Å². The number of nitrogens with one attached hydrogen (secondary N) is 2. The Morgan fingerprint density at radius 2 is 2.40 bits per heavy atom. The molecule has 1 saturated heterocycles. The fraction of sp³-hybridized carbons (Fsp3) is 0.571. The number of para-hydroxylation sites is 1. The predicted octanol–water partition coefficient (Wildman–Crippen LogP) is 2.55. The summed E-state index contributed by atoms with van der Waals surface area (Å²) in [5, 5.41) is 17.8. The Morgan fingerprint density at radius 3 is 3.05 bits per heavy atom. The van der Waals surface area contributed by atoms with E-state index in [1.54, 1.807) is 18.2 Å². The lowest BCUT2D eigenvalue weighted by atomic mass is 10.1. The summed E-state index contributed by atoms with van der Waals surface area (Å²) in [6.45, 7) is 4.02. The van der Waals surface area contributed by atoms with Gasteiger partial charge in [0.2, 0.25) is 0 Å². The van der Waals surface area contributed by atoms with Gasteiger partial charge in [0.15, 0.2) is 5.75 Å². The van der Waals surface area contributed by atoms with Crippen LogP contribution in [0.15, 0.2) is 18.2 Å². The number of nitrogens with zero attached hydrogens (tertiary/aromatic N) is 1. The van der Waals surface area contributed by atoms with Crippen LogP contribution in [0.2, 0.25) is 0 Å². The molecule has 0 radical (unpaired) electrons. The van der Waals surface area contributed by atoms with Gasteiger partial charge in [-0.3, -0.25) is 10.1 Å². The Kier molecular flexibility index (Phi) is 5.17. The third kappa shape index (κ3) is 3.60. The molecule has 0 saturated carbocycles. The standard InChI is InChI=1S/C14H21N3O3/c1-2-20-13-7-3-6-12(14(13)17(18)19)16-10-8-11-5-4-9-15-11/h3,6-7,11,15-16H,2,4-5,8-10H2,1H3/t11-/m1/s1. The maximum Gasteiger partial charge on any atom is 0.333 e. The molecule has 6 nitrogen and oxygen atoms in total. The SMILES string of the molecule is CCOc1cccc(NCC[C@H]2CCCN2)c1[N+](=O)[O-]. The molecular formula is C14H21N3O3. The molecule has 20 heavy (non-hydrogen) atoms. The van der Waals surface area contributed by atoms with E-state index in [-0.39, 0.29) is 10.6 Å². The van der Waals surface area contributed by atoms with E-state index >= 15 is 0 Å². The average molecular weight is 279 g/mol. The van der Waals surface area contributed by atoms with Crippen molar-refractivity contribution in [3.05, 3.63) is 28.3 Å². The smallest absolute Gasteiger partial charge is 0.333 e. The zero-order valence-corrected chi connectivity index (χ0v) is 11.7. The Bertz CT molecular complexity index is 459. The largest absolute Gasteiger partial charge is 0.487 e. The van der Waals surface area contributed by atoms with Crippen LogP contribution in [-0.2, 0) is 0 Å². The quantitative estimate of drug-likeness (QED) is 0.592. The lowest BCUT2D eigenvalue weighted by Crippen LogP contribution is -2.24. The molecule has 2 N–H and O–H groups in total. The number of ether oxygens (including phenoxy) is 1. The van der Waals surface area contributed by atoms with Gasteiger partial charge in [0.05, 0.1) is 11.5 Å². The highest BCUT2D eigenvalue weighted by Crippen LogP contribution is 2.34. The highest BCUT2D eigenvalue weighted by Gasteiger charge is 2.21. The Morgan fingerprint density at radius 1 is 1.55 bits per heavy atom. The lowest BCUT2D eigenvalue weighted by molar-refractivity contribution is -0.384. The summed E-state index contributed by atoms with van der Waals surface area (Å²) in [5.41, 5.74) is 0.549. The van der Waals surface area contributed by atoms with Crippen molar-refractivity contribution in [1.82, 2.24) is 5.32 Å². The van der Waals surface area contributed by atoms with Crippen molar-refractivity contribution in [3.63, 3.8) is 0 Å². The molecule has 0 amide bonds. The minimum atomic E-state index is -0.388. The minimum Gasteiger partial charge on any atom is -0.487 e. The molecule has 1 aliphatic rings. The molecule has 1 atom stereocenters. The molecule has 1 heterocycles. The molecule has 1 aromatic carbocycles. The van der Waals surface area contributed by atoms with Gasteiger partial charge in [-0.15, -0.1) is 0 Å². The van der Waals surface area contributed by atoms with Crippen LogP contribution >= 0.6 is 0 Å². The van der Waals surface area contributed by atoms with Gasteiger partial charge in [-0.1, -0.05) is 6.07 Å². The van der Waals surface area contributed by atoms with Gasteiger partial charge < -0.3 is 15.4 Å². The highest BCUT2D eigenvalue weighted by atomic mass is 16.6. The van der Waals surface area contributed by atoms with Gasteiger partial charge in [0, 0.05) is 12.6 Å². The van der Waals surface area contributed by atoms with E-state index in [9.17, 15) is 10.1 Å². The second-order valence-electron chi connectivity index (χ2n) is 4.85. The Labute approximate surface area is 118 Å². The van der Waals surface area contributed by atoms with Crippen molar-refractivity contribution in [2.75, 3.05) is 25.0 Å². The first-order chi connectivity index (χ1) is 9.72. The molecule has 0 unspecified atom stereocenters. The van der Waals surface area contributed by atoms with E-state index in [1.807, 2.05) is 6.92 Å². The van der Waals surface area contributed by atoms with Crippen molar-refractivity contribution in [2.45, 2.75) is 32.2 Å². The van der Waals surface area contributed by atoms with Crippen LogP contribution in [0.3, 0.4) is 0 Å². The van der Waals surface area contributed by atoms with E-state index in [0.717, 1.165) is 13.0 Å². The van der Waals surface area contributed by atoms with Crippen LogP contribution in [0.4, 0.5) is 11.4 Å². The molecule has 1 aliphatic heterocycles. The monoisotopic (exact) mass is 279 g/mol. The molecule has 1 aromatic rings. The van der Waals surface area contributed by atoms with Crippen molar-refractivity contribution >= 4 is 11.4 Å². The fourth-order valence-corrected chi connectivity index (χ4v) is 2.51. The zero-order valence-electron chi connectivity index (χ0n) is 11.7. The van der Waals surface area contributed by atoms with Gasteiger partial charge >= 0.3 is 5.69 Å². The summed E-state index contributed by atoms with van der Waals surface area (Å²) in [4.78, 5) is 10.8. The minimum absolute atomic E-state index is 0.0220. The third-order valence-corrected chi connectivity index (χ3v) is 3.45. The number of nitro groups is 1. The van der Waals surface area contributed by atoms with Crippen LogP contribution < -0.4 is 15.4 Å². The normalized spacial score (nSPS) is 17.9. The molecule has 6 heteroatoms. The van der Waals surface area contributed by atoms with Crippen LogP contribution in [0.5, 0.6) is 5.75 Å². The summed E-state index contributed by atoms with van der Waals surface area (Å²) < 4.78 is 5.32. The van der Waals surface area contributed by atoms with Gasteiger partial charge in [0.1, 0.15) is 5.69 Å². The number of hydrogen-bond acceptors (Lipinski definition) is 5. The van der Waals surface area contributed by atoms with Gasteiger partial charge in [-0.25, -0.2) is 0 Å². The lowest BCUT2D eigenvalue weighted by Gasteiger charge is -2.13. The summed E-state index contributed by atoms with van der Waals surface area (Å²) in [5.74, 6) is 0.321. The second-order valence-corrected chi connectivity index (χ2v) is 4.85. The van der Waals surface area contributed by atoms with Crippen LogP contribution in [0, 0.1) is 10.1 Å². The average Bonchev–Trinajstić information content (AvgIpc) is 2.92. The molecule has 0 aliphatic carbocycles. The first-order valence-electron chi connectivity index (χ1n) is 7.09. The number of nitro benzene ring substituents is 1. The molecule has 110 valence electrons. The van der Waals surface area contributed by atoms with E-state index in [2.05, 4.69) is 10.6 Å². The van der Waals surface area contributed by atoms with Crippen LogP contribution in [0.25, 0.3) is 0 Å². The molecule has 1 fully saturated rings. The summed E-state index contributed by atoms with van der Waals surface area (Å²) >= 11 is 0. The first kappa shape index (κ1) is 14.6. The molecule has 0 bridgehead atoms. The van der Waals surface area contributed by atoms with Crippen molar-refractivity contribution < 1.29 is 9.66 Å². The zero-order chi connectivity index (χ0) is 14.4. The number of benzene rings is 1. The maximum atomic E-state index is 11.2. The second kappa shape index (κ2) is 7.09. The van der Waals surface area contributed by atoms with Gasteiger partial charge in [0.25, 0.3) is 0 Å². The molecule has 0 aromatic heterocycles. The van der Waals surface area contributed by atoms with Gasteiger partial charge in [-0.2, -0.15) is 0 Å². The summed E-state index contributed by atoms with van der Waals surface area (Å²) in [7, 11) is 0. The van der Waals surface area contributed by atoms with E-state index < -0.39 is 0 Å². The highest BCUT2D eigenvalue weighted by molar-refractivity contribution is 5.68. The molecular weight excluding hydrogens is 258 g/mol. The molecule has 0 spiro atoms. The van der Waals surface area contributed by atoms with Crippen molar-refractivity contribution in [2.24, 2.45) is 0 Å². The third-order valence-electron chi connectivity index (χ3n) is 3.45. The van der Waals surface area contributed by atoms with E-state index in [1.165, 1.54) is 12.8 Å². The summed E-state index contributed by atoms with van der Waals surface area (Å²) in [6.07, 6.45) is 3.36. The predicted molar refractivity (Wildman–Crippen MR) is 78.4 cm³/mol. The summed E-state index contributed by atoms with van der Waals surface area (Å²) in [6, 6.07) is 5.65. The Hall–Kier alpha value is -1.82. The van der Waals surface area contributed by atoms with Gasteiger partial charge in [-0.05, 0) is 44.9 Å². The topological polar surface area (TPSA) is 76.4 Å². The molecule has 2 rings (SSSR count). The number of anilines is 1. The maximum absolute atomic E-state index is 11.2. The van der Waals surface area contributed by atoms with E-state index in [4.69, 9.17) is 4.74 Å². The fourth-order valence-electron chi connectivity index (χ4n) is 2.51. The first-order valence-corrected chi connectivity index (χ1v) is 7.09. The van der Waals surface area contributed by atoms with Crippen molar-refractivity contribution in [1.29, 1.82) is 0 Å². The van der Waals surface area contributed by atoms with Crippen LogP contribution in [0.1, 0.15) is 26.2 Å². The van der Waals surface area contributed by atoms with Crippen LogP contribution in [-0.4, -0.2) is 30.7 Å². The Balaban J connectivity index is 2.01. The number of hydrogen-bond donors (Lipinski definition) is 2. The number of rotatable bonds is 7.